The third-order valence-corrected chi connectivity index (χ3v) is 7.39. The molecule has 0 aliphatic heterocycles. The number of hydrogen-bond acceptors (Lipinski definition) is 6. The first-order valence-electron chi connectivity index (χ1n) is 9.46. The number of ether oxygens (including phenoxy) is 2. The number of methoxy groups -OCH3 is 2. The van der Waals surface area contributed by atoms with Gasteiger partial charge >= 0.3 is 5.97 Å². The SMILES string of the molecule is COC(=O)C(C)(O)C(CCCCc1ccccc1)S(=O)(=O)c1ccc(OC)cc1. The second-order valence-corrected chi connectivity index (χ2v) is 9.21. The van der Waals surface area contributed by atoms with Crippen LogP contribution in [-0.2, 0) is 25.8 Å². The summed E-state index contributed by atoms with van der Waals surface area (Å²) in [5, 5.41) is 9.45. The van der Waals surface area contributed by atoms with E-state index in [0.717, 1.165) is 25.5 Å². The minimum absolute atomic E-state index is 0.0236. The maximum atomic E-state index is 13.3. The Bertz CT molecular complexity index is 889. The molecule has 7 heteroatoms. The molecule has 6 nitrogen and oxygen atoms in total. The lowest BCUT2D eigenvalue weighted by molar-refractivity contribution is -0.160. The van der Waals surface area contributed by atoms with Gasteiger partial charge in [0, 0.05) is 0 Å². The van der Waals surface area contributed by atoms with E-state index >= 15 is 0 Å². The van der Waals surface area contributed by atoms with E-state index in [4.69, 9.17) is 4.74 Å². The molecule has 2 aromatic rings. The van der Waals surface area contributed by atoms with Gasteiger partial charge in [-0.05, 0) is 56.0 Å². The molecule has 0 saturated heterocycles. The number of aliphatic hydroxyl groups is 1. The average molecular weight is 421 g/mol. The Hall–Kier alpha value is -2.38. The summed E-state index contributed by atoms with van der Waals surface area (Å²) in [7, 11) is -1.37. The van der Waals surface area contributed by atoms with Gasteiger partial charge in [-0.2, -0.15) is 0 Å². The van der Waals surface area contributed by atoms with E-state index in [1.165, 1.54) is 38.3 Å². The summed E-state index contributed by atoms with van der Waals surface area (Å²) in [6.45, 7) is 1.20. The number of sulfone groups is 1. The molecule has 0 aromatic heterocycles. The molecule has 0 fully saturated rings. The molecular weight excluding hydrogens is 392 g/mol. The first kappa shape index (κ1) is 22.9. The number of rotatable bonds is 10. The van der Waals surface area contributed by atoms with E-state index in [-0.39, 0.29) is 11.3 Å². The van der Waals surface area contributed by atoms with Crippen LogP contribution in [0.25, 0.3) is 0 Å². The maximum absolute atomic E-state index is 13.3. The molecule has 29 heavy (non-hydrogen) atoms. The zero-order valence-electron chi connectivity index (χ0n) is 17.0. The largest absolute Gasteiger partial charge is 0.497 e. The summed E-state index contributed by atoms with van der Waals surface area (Å²) in [6.07, 6.45) is 2.18. The van der Waals surface area contributed by atoms with Gasteiger partial charge < -0.3 is 14.6 Å². The smallest absolute Gasteiger partial charge is 0.338 e. The second kappa shape index (κ2) is 9.89. The van der Waals surface area contributed by atoms with Gasteiger partial charge in [0.05, 0.1) is 19.1 Å². The van der Waals surface area contributed by atoms with Crippen molar-refractivity contribution in [1.29, 1.82) is 0 Å². The van der Waals surface area contributed by atoms with Crippen LogP contribution in [-0.4, -0.2) is 44.6 Å². The summed E-state index contributed by atoms with van der Waals surface area (Å²) in [4.78, 5) is 12.2. The molecule has 1 N–H and O–H groups in total. The standard InChI is InChI=1S/C22H28O6S/c1-22(24,21(23)28-3)20(12-8-7-11-17-9-5-4-6-10-17)29(25,26)19-15-13-18(27-2)14-16-19/h4-6,9-10,13-16,20,24H,7-8,11-12H2,1-3H3. The average Bonchev–Trinajstić information content (AvgIpc) is 2.73. The van der Waals surface area contributed by atoms with Crippen LogP contribution in [0.5, 0.6) is 5.75 Å². The molecule has 2 aromatic carbocycles. The fraction of sp³-hybridized carbons (Fsp3) is 0.409. The van der Waals surface area contributed by atoms with Crippen molar-refractivity contribution in [3.05, 3.63) is 60.2 Å². The molecule has 0 aliphatic rings. The maximum Gasteiger partial charge on any atom is 0.338 e. The Balaban J connectivity index is 2.22. The highest BCUT2D eigenvalue weighted by atomic mass is 32.2. The van der Waals surface area contributed by atoms with Crippen molar-refractivity contribution in [3.63, 3.8) is 0 Å². The summed E-state index contributed by atoms with van der Waals surface area (Å²) in [5.74, 6) is -0.453. The summed E-state index contributed by atoms with van der Waals surface area (Å²) in [5.41, 5.74) is -1.01. The summed E-state index contributed by atoms with van der Waals surface area (Å²) >= 11 is 0. The molecular formula is C22H28O6S. The van der Waals surface area contributed by atoms with Crippen molar-refractivity contribution < 1.29 is 27.8 Å². The molecule has 0 aliphatic carbocycles. The molecule has 2 atom stereocenters. The fourth-order valence-corrected chi connectivity index (χ4v) is 5.33. The third kappa shape index (κ3) is 5.58. The Morgan fingerprint density at radius 3 is 2.21 bits per heavy atom. The number of hydrogen-bond donors (Lipinski definition) is 1. The van der Waals surface area contributed by atoms with Gasteiger partial charge in [0.1, 0.15) is 11.0 Å². The van der Waals surface area contributed by atoms with Crippen LogP contribution in [0.4, 0.5) is 0 Å². The van der Waals surface area contributed by atoms with Crippen molar-refractivity contribution in [2.75, 3.05) is 14.2 Å². The number of esters is 1. The first-order valence-corrected chi connectivity index (χ1v) is 11.0. The number of benzene rings is 2. The minimum Gasteiger partial charge on any atom is -0.497 e. The molecule has 0 saturated carbocycles. The Morgan fingerprint density at radius 2 is 1.66 bits per heavy atom. The van der Waals surface area contributed by atoms with Gasteiger partial charge in [0.15, 0.2) is 15.4 Å². The van der Waals surface area contributed by atoms with Crippen LogP contribution in [0.3, 0.4) is 0 Å². The molecule has 0 radical (unpaired) electrons. The Morgan fingerprint density at radius 1 is 1.03 bits per heavy atom. The Kier molecular flexibility index (Phi) is 7.81. The van der Waals surface area contributed by atoms with Gasteiger partial charge in [-0.25, -0.2) is 13.2 Å². The number of carbonyl (C=O) groups is 1. The second-order valence-electron chi connectivity index (χ2n) is 7.08. The zero-order valence-corrected chi connectivity index (χ0v) is 17.8. The van der Waals surface area contributed by atoms with Crippen molar-refractivity contribution in [2.24, 2.45) is 0 Å². The van der Waals surface area contributed by atoms with Gasteiger partial charge in [-0.15, -0.1) is 0 Å². The van der Waals surface area contributed by atoms with Gasteiger partial charge in [0.2, 0.25) is 0 Å². The molecule has 158 valence electrons. The number of unbranched alkanes of at least 4 members (excludes halogenated alkanes) is 1. The zero-order chi connectivity index (χ0) is 21.5. The van der Waals surface area contributed by atoms with Gasteiger partial charge in [-0.3, -0.25) is 0 Å². The molecule has 0 heterocycles. The van der Waals surface area contributed by atoms with E-state index in [1.807, 2.05) is 30.3 Å². The van der Waals surface area contributed by atoms with Crippen LogP contribution in [0.2, 0.25) is 0 Å². The highest BCUT2D eigenvalue weighted by molar-refractivity contribution is 7.92. The summed E-state index contributed by atoms with van der Waals surface area (Å²) in [6, 6.07) is 15.8. The lowest BCUT2D eigenvalue weighted by Gasteiger charge is -2.30. The number of carbonyl (C=O) groups excluding carboxylic acids is 1. The van der Waals surface area contributed by atoms with Crippen LogP contribution >= 0.6 is 0 Å². The van der Waals surface area contributed by atoms with Crippen LogP contribution in [0.15, 0.2) is 59.5 Å². The number of aryl methyl sites for hydroxylation is 1. The van der Waals surface area contributed by atoms with E-state index in [0.29, 0.717) is 12.2 Å². The molecule has 2 unspecified atom stereocenters. The third-order valence-electron chi connectivity index (χ3n) is 5.01. The van der Waals surface area contributed by atoms with Gasteiger partial charge in [0.25, 0.3) is 0 Å². The van der Waals surface area contributed by atoms with Crippen molar-refractivity contribution in [1.82, 2.24) is 0 Å². The van der Waals surface area contributed by atoms with E-state index in [9.17, 15) is 18.3 Å². The van der Waals surface area contributed by atoms with E-state index in [1.54, 1.807) is 0 Å². The van der Waals surface area contributed by atoms with E-state index in [2.05, 4.69) is 4.74 Å². The lowest BCUT2D eigenvalue weighted by atomic mass is 9.96. The molecule has 0 spiro atoms. The monoisotopic (exact) mass is 420 g/mol. The van der Waals surface area contributed by atoms with Gasteiger partial charge in [-0.1, -0.05) is 36.8 Å². The van der Waals surface area contributed by atoms with Crippen LogP contribution in [0.1, 0.15) is 31.7 Å². The normalized spacial score (nSPS) is 14.6. The van der Waals surface area contributed by atoms with Crippen molar-refractivity contribution in [3.8, 4) is 5.75 Å². The molecule has 2 rings (SSSR count). The fourth-order valence-electron chi connectivity index (χ4n) is 3.31. The lowest BCUT2D eigenvalue weighted by Crippen LogP contribution is -2.51. The first-order chi connectivity index (χ1) is 13.7. The summed E-state index contributed by atoms with van der Waals surface area (Å²) < 4.78 is 36.2. The highest BCUT2D eigenvalue weighted by Gasteiger charge is 2.48. The predicted octanol–water partition coefficient (Wildman–Crippen LogP) is 3.17. The molecule has 0 amide bonds. The molecule has 0 bridgehead atoms. The predicted molar refractivity (Wildman–Crippen MR) is 111 cm³/mol. The minimum atomic E-state index is -3.99. The van der Waals surface area contributed by atoms with Crippen LogP contribution in [0, 0.1) is 0 Å². The topological polar surface area (TPSA) is 89.9 Å². The Labute approximate surface area is 172 Å². The quantitative estimate of drug-likeness (QED) is 0.469. The van der Waals surface area contributed by atoms with Crippen molar-refractivity contribution in [2.45, 2.75) is 48.4 Å². The van der Waals surface area contributed by atoms with Crippen LogP contribution < -0.4 is 4.74 Å². The van der Waals surface area contributed by atoms with E-state index < -0.39 is 26.7 Å². The van der Waals surface area contributed by atoms with Crippen molar-refractivity contribution >= 4 is 15.8 Å². The highest BCUT2D eigenvalue weighted by Crippen LogP contribution is 2.30.